The molecule has 0 amide bonds. The van der Waals surface area contributed by atoms with Crippen LogP contribution in [0.2, 0.25) is 0 Å². The summed E-state index contributed by atoms with van der Waals surface area (Å²) in [7, 11) is -3.58. The van der Waals surface area contributed by atoms with Gasteiger partial charge >= 0.3 is 0 Å². The second-order valence-corrected chi connectivity index (χ2v) is 14.2. The number of nitrogens with one attached hydrogen (secondary N) is 1. The Labute approximate surface area is 252 Å². The summed E-state index contributed by atoms with van der Waals surface area (Å²) in [5.74, 6) is -1.25. The van der Waals surface area contributed by atoms with Gasteiger partial charge in [0.15, 0.2) is 39.6 Å². The van der Waals surface area contributed by atoms with Crippen LogP contribution in [0.5, 0.6) is 0 Å². The van der Waals surface area contributed by atoms with Crippen molar-refractivity contribution in [3.63, 3.8) is 0 Å². The Morgan fingerprint density at radius 1 is 1.14 bits per heavy atom. The highest BCUT2D eigenvalue weighted by Crippen LogP contribution is 2.47. The van der Waals surface area contributed by atoms with Gasteiger partial charge < -0.3 is 19.5 Å². The van der Waals surface area contributed by atoms with Gasteiger partial charge in [0.1, 0.15) is 12.2 Å². The third-order valence-corrected chi connectivity index (χ3v) is 9.28. The molecule has 3 heterocycles. The summed E-state index contributed by atoms with van der Waals surface area (Å²) in [6, 6.07) is 3.62. The fourth-order valence-corrected chi connectivity index (χ4v) is 6.79. The third-order valence-electron chi connectivity index (χ3n) is 7.63. The molecule has 3 fully saturated rings. The molecular weight excluding hydrogens is 606 g/mol. The van der Waals surface area contributed by atoms with Crippen LogP contribution in [0.3, 0.4) is 0 Å². The predicted molar refractivity (Wildman–Crippen MR) is 153 cm³/mol. The van der Waals surface area contributed by atoms with E-state index in [4.69, 9.17) is 28.4 Å². The Hall–Kier alpha value is -2.50. The number of thioether (sulfide) groups is 1. The van der Waals surface area contributed by atoms with Crippen molar-refractivity contribution in [1.29, 1.82) is 0 Å². The molecule has 234 valence electrons. The minimum absolute atomic E-state index is 0.00773. The number of fused-ring (bicyclic) bond motifs is 2. The first kappa shape index (κ1) is 30.5. The van der Waals surface area contributed by atoms with Gasteiger partial charge in [-0.15, -0.1) is 5.10 Å². The van der Waals surface area contributed by atoms with Crippen LogP contribution >= 0.6 is 11.8 Å². The lowest BCUT2D eigenvalue weighted by atomic mass is 10.1. The average molecular weight is 641 g/mol. The van der Waals surface area contributed by atoms with Gasteiger partial charge in [-0.05, 0) is 44.4 Å². The normalized spacial score (nSPS) is 28.0. The van der Waals surface area contributed by atoms with Crippen LogP contribution in [0.4, 0.5) is 14.6 Å². The van der Waals surface area contributed by atoms with Crippen LogP contribution in [0.15, 0.2) is 23.4 Å². The zero-order chi connectivity index (χ0) is 30.5. The Bertz CT molecular complexity index is 1610. The first-order chi connectivity index (χ1) is 20.4. The smallest absolute Gasteiger partial charge is 0.264 e. The fraction of sp³-hybridized carbons (Fsp3) is 0.630. The molecule has 0 radical (unpaired) electrons. The molecule has 2 saturated carbocycles. The molecule has 1 N–H and O–H groups in total. The van der Waals surface area contributed by atoms with Gasteiger partial charge in [0.2, 0.25) is 0 Å². The Kier molecular flexibility index (Phi) is 8.36. The molecule has 43 heavy (non-hydrogen) atoms. The molecule has 2 aliphatic carbocycles. The third kappa shape index (κ3) is 6.63. The van der Waals surface area contributed by atoms with E-state index in [2.05, 4.69) is 22.6 Å². The number of ether oxygens (including phenoxy) is 3. The van der Waals surface area contributed by atoms with Crippen LogP contribution in [0.1, 0.15) is 57.6 Å². The maximum Gasteiger partial charge on any atom is 0.264 e. The van der Waals surface area contributed by atoms with Gasteiger partial charge in [-0.25, -0.2) is 23.4 Å². The number of anilines is 1. The van der Waals surface area contributed by atoms with Gasteiger partial charge in [-0.1, -0.05) is 30.0 Å². The van der Waals surface area contributed by atoms with Gasteiger partial charge in [-0.3, -0.25) is 4.18 Å². The van der Waals surface area contributed by atoms with Gasteiger partial charge in [0.25, 0.3) is 10.1 Å². The monoisotopic (exact) mass is 640 g/mol. The molecule has 6 atom stereocenters. The molecule has 0 spiro atoms. The van der Waals surface area contributed by atoms with E-state index < -0.39 is 45.9 Å². The van der Waals surface area contributed by atoms with Crippen molar-refractivity contribution in [3.8, 4) is 0 Å². The maximum atomic E-state index is 13.9. The minimum atomic E-state index is -3.58. The quantitative estimate of drug-likeness (QED) is 0.133. The van der Waals surface area contributed by atoms with E-state index in [0.29, 0.717) is 28.6 Å². The number of aromatic nitrogens is 5. The number of benzene rings is 1. The van der Waals surface area contributed by atoms with E-state index in [0.717, 1.165) is 36.5 Å². The molecular formula is C27H34F2N6O6S2. The molecule has 0 bridgehead atoms. The lowest BCUT2D eigenvalue weighted by Gasteiger charge is -2.23. The number of nitrogens with zero attached hydrogens (tertiary/aromatic N) is 5. The van der Waals surface area contributed by atoms with Crippen LogP contribution in [0.25, 0.3) is 11.2 Å². The van der Waals surface area contributed by atoms with E-state index in [1.807, 2.05) is 13.8 Å². The summed E-state index contributed by atoms with van der Waals surface area (Å²) in [5, 5.41) is 12.9. The molecule has 1 unspecified atom stereocenters. The molecule has 3 aliphatic rings. The summed E-state index contributed by atoms with van der Waals surface area (Å²) in [6.07, 6.45) is 1.88. The zero-order valence-corrected chi connectivity index (χ0v) is 25.8. The highest BCUT2D eigenvalue weighted by Gasteiger charge is 2.56. The Morgan fingerprint density at radius 2 is 1.93 bits per heavy atom. The van der Waals surface area contributed by atoms with Crippen molar-refractivity contribution < 1.29 is 35.6 Å². The predicted octanol–water partition coefficient (Wildman–Crippen LogP) is 3.80. The molecule has 16 heteroatoms. The average Bonchev–Trinajstić information content (AvgIpc) is 3.27. The molecule has 12 nitrogen and oxygen atoms in total. The zero-order valence-electron chi connectivity index (χ0n) is 24.2. The van der Waals surface area contributed by atoms with Crippen LogP contribution in [-0.2, 0) is 28.5 Å². The fourth-order valence-electron chi connectivity index (χ4n) is 5.73. The van der Waals surface area contributed by atoms with E-state index in [-0.39, 0.29) is 31.2 Å². The van der Waals surface area contributed by atoms with Crippen molar-refractivity contribution in [2.24, 2.45) is 0 Å². The summed E-state index contributed by atoms with van der Waals surface area (Å²) in [4.78, 5) is 9.56. The van der Waals surface area contributed by atoms with Crippen molar-refractivity contribution in [3.05, 3.63) is 35.4 Å². The summed E-state index contributed by atoms with van der Waals surface area (Å²) < 4.78 is 75.1. The summed E-state index contributed by atoms with van der Waals surface area (Å²) in [5.41, 5.74) is 1.73. The Balaban J connectivity index is 1.26. The standard InChI is InChI=1S/C27H34F2N6O6S2/c1-5-10-42-26-31-24(30-18-12-15(18)14-6-7-16(28)17(29)11-14)21-25(32-26)35(34-33-21)19-13-20(38-8-9-39-43(4,36)37)23-22(19)40-27(2,3)41-23/h6-7,11,15,18-20,22-23H,5,8-10,12-13H2,1-4H3,(H,30,31,32)/t15-,18+,19+,20-,22?,23+/m0/s1. The minimum Gasteiger partial charge on any atom is -0.373 e. The molecule has 2 aromatic heterocycles. The summed E-state index contributed by atoms with van der Waals surface area (Å²) in [6.45, 7) is 5.68. The van der Waals surface area contributed by atoms with Crippen LogP contribution in [0, 0.1) is 11.6 Å². The van der Waals surface area contributed by atoms with E-state index >= 15 is 0 Å². The SMILES string of the molecule is CCCSc1nc(N[C@@H]2C[C@H]2c2ccc(F)c(F)c2)c2nnn([C@@H]3C[C@H](OCCOS(C)(=O)=O)[C@H]4OC(C)(C)OC34)c2n1. The van der Waals surface area contributed by atoms with E-state index in [1.54, 1.807) is 10.7 Å². The van der Waals surface area contributed by atoms with Gasteiger partial charge in [0, 0.05) is 24.1 Å². The highest BCUT2D eigenvalue weighted by molar-refractivity contribution is 7.99. The van der Waals surface area contributed by atoms with Crippen molar-refractivity contribution in [1.82, 2.24) is 25.0 Å². The van der Waals surface area contributed by atoms with E-state index in [9.17, 15) is 17.2 Å². The Morgan fingerprint density at radius 3 is 2.67 bits per heavy atom. The highest BCUT2D eigenvalue weighted by atomic mass is 32.2. The lowest BCUT2D eigenvalue weighted by molar-refractivity contribution is -0.170. The maximum absolute atomic E-state index is 13.9. The number of rotatable bonds is 12. The first-order valence-electron chi connectivity index (χ1n) is 14.2. The largest absolute Gasteiger partial charge is 0.373 e. The number of halogens is 2. The number of hydrogen-bond acceptors (Lipinski definition) is 12. The van der Waals surface area contributed by atoms with Crippen LogP contribution in [-0.4, -0.2) is 88.7 Å². The van der Waals surface area contributed by atoms with Gasteiger partial charge in [-0.2, -0.15) is 8.42 Å². The first-order valence-corrected chi connectivity index (χ1v) is 17.0. The topological polar surface area (TPSA) is 140 Å². The molecule has 3 aromatic rings. The van der Waals surface area contributed by atoms with Crippen LogP contribution < -0.4 is 5.32 Å². The molecule has 6 rings (SSSR count). The molecule has 1 aliphatic heterocycles. The second kappa shape index (κ2) is 11.8. The molecule has 1 saturated heterocycles. The summed E-state index contributed by atoms with van der Waals surface area (Å²) >= 11 is 1.52. The second-order valence-electron chi connectivity index (χ2n) is 11.5. The number of hydrogen-bond donors (Lipinski definition) is 1. The lowest BCUT2D eigenvalue weighted by Crippen LogP contribution is -2.32. The van der Waals surface area contributed by atoms with E-state index in [1.165, 1.54) is 17.8 Å². The van der Waals surface area contributed by atoms with Crippen molar-refractivity contribution in [2.75, 3.05) is 30.5 Å². The van der Waals surface area contributed by atoms with Crippen molar-refractivity contribution in [2.45, 2.75) is 87.3 Å². The van der Waals surface area contributed by atoms with Crippen molar-refractivity contribution >= 4 is 38.9 Å². The van der Waals surface area contributed by atoms with Gasteiger partial charge in [0.05, 0.1) is 31.6 Å². The molecule has 1 aromatic carbocycles.